The van der Waals surface area contributed by atoms with E-state index in [1.54, 1.807) is 12.1 Å². The van der Waals surface area contributed by atoms with Crippen LogP contribution >= 0.6 is 50.5 Å². The Hall–Kier alpha value is -1.14. The molecule has 0 aliphatic carbocycles. The van der Waals surface area contributed by atoms with Crippen molar-refractivity contribution in [1.29, 1.82) is 0 Å². The summed E-state index contributed by atoms with van der Waals surface area (Å²) in [7, 11) is 0. The Morgan fingerprint density at radius 2 is 1.90 bits per heavy atom. The largest absolute Gasteiger partial charge is 0.478 e. The first kappa shape index (κ1) is 14.8. The van der Waals surface area contributed by atoms with E-state index in [4.69, 9.17) is 23.2 Å². The van der Waals surface area contributed by atoms with Gasteiger partial charge in [-0.2, -0.15) is 0 Å². The van der Waals surface area contributed by atoms with Crippen molar-refractivity contribution in [2.75, 3.05) is 0 Å². The lowest BCUT2D eigenvalue weighted by atomic mass is 10.1. The van der Waals surface area contributed by atoms with E-state index in [-0.39, 0.29) is 5.56 Å². The number of halogens is 3. The van der Waals surface area contributed by atoms with Crippen molar-refractivity contribution in [3.8, 4) is 10.6 Å². The van der Waals surface area contributed by atoms with Gasteiger partial charge < -0.3 is 5.11 Å². The molecule has 0 radical (unpaired) electrons. The molecule has 3 rings (SSSR count). The third-order valence-corrected chi connectivity index (χ3v) is 5.18. The van der Waals surface area contributed by atoms with Crippen LogP contribution in [-0.4, -0.2) is 16.1 Å². The second-order valence-corrected chi connectivity index (χ2v) is 7.49. The standard InChI is InChI=1S/C14H6BrCl2NO2S/c15-11-4-3-10(21-11)9-5-6(14(19)20)12-7(16)1-2-8(17)13(12)18-9/h1-5H,(H,19,20). The van der Waals surface area contributed by atoms with E-state index in [9.17, 15) is 9.90 Å². The van der Waals surface area contributed by atoms with Crippen molar-refractivity contribution in [3.05, 3.63) is 49.7 Å². The Morgan fingerprint density at radius 1 is 1.19 bits per heavy atom. The molecular weight excluding hydrogens is 397 g/mol. The molecule has 0 saturated heterocycles. The molecule has 1 N–H and O–H groups in total. The van der Waals surface area contributed by atoms with Crippen molar-refractivity contribution in [3.63, 3.8) is 0 Å². The summed E-state index contributed by atoms with van der Waals surface area (Å²) in [5.41, 5.74) is 1.04. The van der Waals surface area contributed by atoms with Crippen molar-refractivity contribution in [1.82, 2.24) is 4.98 Å². The molecule has 2 aromatic heterocycles. The highest BCUT2D eigenvalue weighted by Gasteiger charge is 2.18. The number of hydrogen-bond donors (Lipinski definition) is 1. The number of carboxylic acid groups (broad SMARTS) is 1. The number of thiophene rings is 1. The first-order chi connectivity index (χ1) is 9.97. The molecule has 2 heterocycles. The number of hydrogen-bond acceptors (Lipinski definition) is 3. The fourth-order valence-electron chi connectivity index (χ4n) is 2.02. The third-order valence-electron chi connectivity index (χ3n) is 2.92. The summed E-state index contributed by atoms with van der Waals surface area (Å²) in [6, 6.07) is 8.45. The number of carbonyl (C=O) groups is 1. The van der Waals surface area contributed by atoms with Crippen molar-refractivity contribution in [2.24, 2.45) is 0 Å². The number of rotatable bonds is 2. The van der Waals surface area contributed by atoms with Crippen LogP contribution in [0.15, 0.2) is 34.1 Å². The first-order valence-corrected chi connectivity index (χ1v) is 8.11. The second-order valence-electron chi connectivity index (χ2n) is 4.22. The quantitative estimate of drug-likeness (QED) is 0.595. The van der Waals surface area contributed by atoms with Gasteiger partial charge in [0.2, 0.25) is 0 Å². The summed E-state index contributed by atoms with van der Waals surface area (Å²) < 4.78 is 0.938. The topological polar surface area (TPSA) is 50.2 Å². The smallest absolute Gasteiger partial charge is 0.336 e. The van der Waals surface area contributed by atoms with Crippen LogP contribution in [0, 0.1) is 0 Å². The molecule has 21 heavy (non-hydrogen) atoms. The molecule has 3 aromatic rings. The lowest BCUT2D eigenvalue weighted by Crippen LogP contribution is -2.00. The summed E-state index contributed by atoms with van der Waals surface area (Å²) in [5.74, 6) is -1.07. The van der Waals surface area contributed by atoms with E-state index in [1.165, 1.54) is 17.4 Å². The Morgan fingerprint density at radius 3 is 2.52 bits per heavy atom. The third kappa shape index (κ3) is 2.66. The van der Waals surface area contributed by atoms with Gasteiger partial charge in [0, 0.05) is 5.39 Å². The Kier molecular flexibility index (Phi) is 3.92. The van der Waals surface area contributed by atoms with Gasteiger partial charge in [-0.25, -0.2) is 9.78 Å². The van der Waals surface area contributed by atoms with Gasteiger partial charge in [0.1, 0.15) is 0 Å². The zero-order chi connectivity index (χ0) is 15.1. The second kappa shape index (κ2) is 5.57. The van der Waals surface area contributed by atoms with Crippen LogP contribution in [-0.2, 0) is 0 Å². The molecule has 0 bridgehead atoms. The maximum absolute atomic E-state index is 11.5. The molecule has 106 valence electrons. The highest BCUT2D eigenvalue weighted by Crippen LogP contribution is 2.36. The van der Waals surface area contributed by atoms with Crippen LogP contribution in [0.3, 0.4) is 0 Å². The van der Waals surface area contributed by atoms with Gasteiger partial charge in [0.25, 0.3) is 0 Å². The molecule has 0 atom stereocenters. The summed E-state index contributed by atoms with van der Waals surface area (Å²) in [6.07, 6.45) is 0. The minimum absolute atomic E-state index is 0.0898. The molecule has 3 nitrogen and oxygen atoms in total. The summed E-state index contributed by atoms with van der Waals surface area (Å²) >= 11 is 17.1. The van der Waals surface area contributed by atoms with Gasteiger partial charge in [-0.1, -0.05) is 23.2 Å². The minimum atomic E-state index is -1.07. The fourth-order valence-corrected chi connectivity index (χ4v) is 3.82. The van der Waals surface area contributed by atoms with Crippen LogP contribution < -0.4 is 0 Å². The van der Waals surface area contributed by atoms with Gasteiger partial charge >= 0.3 is 5.97 Å². The molecule has 0 aliphatic heterocycles. The van der Waals surface area contributed by atoms with Crippen LogP contribution in [0.4, 0.5) is 0 Å². The summed E-state index contributed by atoms with van der Waals surface area (Å²) in [6.45, 7) is 0. The van der Waals surface area contributed by atoms with Crippen molar-refractivity contribution in [2.45, 2.75) is 0 Å². The maximum atomic E-state index is 11.5. The molecular formula is C14H6BrCl2NO2S. The van der Waals surface area contributed by atoms with E-state index in [0.717, 1.165) is 8.66 Å². The van der Waals surface area contributed by atoms with Gasteiger partial charge in [0.15, 0.2) is 0 Å². The molecule has 0 amide bonds. The van der Waals surface area contributed by atoms with Gasteiger partial charge in [0.05, 0.1) is 35.5 Å². The van der Waals surface area contributed by atoms with E-state index in [2.05, 4.69) is 20.9 Å². The predicted octanol–water partition coefficient (Wildman–Crippen LogP) is 5.73. The fraction of sp³-hybridized carbons (Fsp3) is 0. The van der Waals surface area contributed by atoms with E-state index < -0.39 is 5.97 Å². The molecule has 7 heteroatoms. The monoisotopic (exact) mass is 401 g/mol. The number of pyridine rings is 1. The number of aromatic carboxylic acids is 1. The van der Waals surface area contributed by atoms with Gasteiger partial charge in [-0.05, 0) is 46.3 Å². The normalized spacial score (nSPS) is 11.0. The number of benzene rings is 1. The lowest BCUT2D eigenvalue weighted by Gasteiger charge is -2.08. The summed E-state index contributed by atoms with van der Waals surface area (Å²) in [5, 5.41) is 10.5. The average molecular weight is 403 g/mol. The molecule has 0 unspecified atom stereocenters. The minimum Gasteiger partial charge on any atom is -0.478 e. The van der Waals surface area contributed by atoms with Crippen LogP contribution in [0.1, 0.15) is 10.4 Å². The predicted molar refractivity (Wildman–Crippen MR) is 89.7 cm³/mol. The first-order valence-electron chi connectivity index (χ1n) is 5.75. The molecule has 0 saturated carbocycles. The van der Waals surface area contributed by atoms with Crippen LogP contribution in [0.2, 0.25) is 10.0 Å². The van der Waals surface area contributed by atoms with E-state index in [0.29, 0.717) is 26.6 Å². The van der Waals surface area contributed by atoms with Gasteiger partial charge in [-0.3, -0.25) is 0 Å². The van der Waals surface area contributed by atoms with Crippen LogP contribution in [0.5, 0.6) is 0 Å². The van der Waals surface area contributed by atoms with Crippen molar-refractivity contribution < 1.29 is 9.90 Å². The SMILES string of the molecule is O=C(O)c1cc(-c2ccc(Br)s2)nc2c(Cl)ccc(Cl)c12. The average Bonchev–Trinajstić information content (AvgIpc) is 2.88. The summed E-state index contributed by atoms with van der Waals surface area (Å²) in [4.78, 5) is 16.9. The van der Waals surface area contributed by atoms with E-state index in [1.807, 2.05) is 12.1 Å². The van der Waals surface area contributed by atoms with E-state index >= 15 is 0 Å². The van der Waals surface area contributed by atoms with Crippen molar-refractivity contribution >= 4 is 67.3 Å². The molecule has 0 aliphatic rings. The maximum Gasteiger partial charge on any atom is 0.336 e. The molecule has 0 spiro atoms. The lowest BCUT2D eigenvalue weighted by molar-refractivity contribution is 0.0699. The molecule has 1 aromatic carbocycles. The Labute approximate surface area is 142 Å². The number of carboxylic acids is 1. The van der Waals surface area contributed by atoms with Gasteiger partial charge in [-0.15, -0.1) is 11.3 Å². The molecule has 0 fully saturated rings. The highest BCUT2D eigenvalue weighted by molar-refractivity contribution is 9.11. The number of fused-ring (bicyclic) bond motifs is 1. The Balaban J connectivity index is 2.40. The number of nitrogens with zero attached hydrogens (tertiary/aromatic N) is 1. The van der Waals surface area contributed by atoms with Crippen LogP contribution in [0.25, 0.3) is 21.5 Å². The zero-order valence-corrected chi connectivity index (χ0v) is 14.1. The highest BCUT2D eigenvalue weighted by atomic mass is 79.9. The Bertz CT molecular complexity index is 879. The zero-order valence-electron chi connectivity index (χ0n) is 10.2. The number of aromatic nitrogens is 1.